The summed E-state index contributed by atoms with van der Waals surface area (Å²) < 4.78 is 16.5. The Bertz CT molecular complexity index is 1400. The molecule has 0 fully saturated rings. The third-order valence-electron chi connectivity index (χ3n) is 6.28. The molecule has 1 amide bonds. The molecular weight excluding hydrogens is 442 g/mol. The molecule has 1 atom stereocenters. The Balaban J connectivity index is 1.64. The van der Waals surface area contributed by atoms with Crippen molar-refractivity contribution >= 4 is 50.6 Å². The van der Waals surface area contributed by atoms with Gasteiger partial charge >= 0.3 is 0 Å². The summed E-state index contributed by atoms with van der Waals surface area (Å²) in [7, 11) is 4.65. The standard InChI is InChI=1S/C25H24ClN3O4/c1-31-20-9-13-8-18(28-22(13)24(33-3)23(20)32-2)25(30)29-12-14(11-26)21-16-7-5-4-6-15(16)17(27)10-19(21)29/h4-10,14,28H,11-12,27H2,1-3H3/t14-/m0/s1. The van der Waals surface area contributed by atoms with Crippen LogP contribution in [0.3, 0.4) is 0 Å². The molecule has 1 aliphatic heterocycles. The fraction of sp³-hybridized carbons (Fsp3) is 0.240. The van der Waals surface area contributed by atoms with Crippen LogP contribution in [0.4, 0.5) is 11.4 Å². The van der Waals surface area contributed by atoms with Gasteiger partial charge in [0.2, 0.25) is 5.75 Å². The Labute approximate surface area is 196 Å². The van der Waals surface area contributed by atoms with Crippen LogP contribution in [0.15, 0.2) is 42.5 Å². The van der Waals surface area contributed by atoms with Gasteiger partial charge in [-0.05, 0) is 29.1 Å². The van der Waals surface area contributed by atoms with E-state index in [1.54, 1.807) is 32.3 Å². The minimum absolute atomic E-state index is 0.00946. The van der Waals surface area contributed by atoms with Crippen molar-refractivity contribution in [1.29, 1.82) is 0 Å². The number of rotatable bonds is 5. The number of benzene rings is 3. The van der Waals surface area contributed by atoms with Gasteiger partial charge in [0.1, 0.15) is 5.69 Å². The highest BCUT2D eigenvalue weighted by Crippen LogP contribution is 2.46. The van der Waals surface area contributed by atoms with Gasteiger partial charge in [0.05, 0.1) is 32.5 Å². The summed E-state index contributed by atoms with van der Waals surface area (Å²) in [6.07, 6.45) is 0. The van der Waals surface area contributed by atoms with Crippen molar-refractivity contribution in [2.45, 2.75) is 5.92 Å². The maximum Gasteiger partial charge on any atom is 0.274 e. The maximum atomic E-state index is 13.7. The predicted octanol–water partition coefficient (Wildman–Crippen LogP) is 4.91. The Hall–Kier alpha value is -3.58. The first-order valence-corrected chi connectivity index (χ1v) is 11.1. The summed E-state index contributed by atoms with van der Waals surface area (Å²) in [5.74, 6) is 1.69. The number of amides is 1. The highest BCUT2D eigenvalue weighted by atomic mass is 35.5. The quantitative estimate of drug-likeness (QED) is 0.323. The maximum absolute atomic E-state index is 13.7. The van der Waals surface area contributed by atoms with Gasteiger partial charge < -0.3 is 29.8 Å². The van der Waals surface area contributed by atoms with Crippen molar-refractivity contribution in [3.8, 4) is 17.2 Å². The van der Waals surface area contributed by atoms with E-state index in [0.717, 1.165) is 27.4 Å². The lowest BCUT2D eigenvalue weighted by Crippen LogP contribution is -2.30. The number of aromatic amines is 1. The monoisotopic (exact) mass is 465 g/mol. The van der Waals surface area contributed by atoms with Crippen LogP contribution in [-0.2, 0) is 0 Å². The largest absolute Gasteiger partial charge is 0.493 e. The van der Waals surface area contributed by atoms with Crippen LogP contribution in [0.2, 0.25) is 0 Å². The molecule has 4 aromatic rings. The van der Waals surface area contributed by atoms with Crippen LogP contribution in [0.25, 0.3) is 21.7 Å². The van der Waals surface area contributed by atoms with Crippen molar-refractivity contribution in [2.75, 3.05) is 44.4 Å². The van der Waals surface area contributed by atoms with Gasteiger partial charge in [-0.2, -0.15) is 0 Å². The second-order valence-corrected chi connectivity index (χ2v) is 8.31. The average molecular weight is 466 g/mol. The smallest absolute Gasteiger partial charge is 0.274 e. The number of hydrogen-bond donors (Lipinski definition) is 2. The fourth-order valence-corrected chi connectivity index (χ4v) is 5.05. The van der Waals surface area contributed by atoms with Gasteiger partial charge in [-0.15, -0.1) is 11.6 Å². The number of carbonyl (C=O) groups excluding carboxylic acids is 1. The number of nitrogens with zero attached hydrogens (tertiary/aromatic N) is 1. The summed E-state index contributed by atoms with van der Waals surface area (Å²) in [5, 5.41) is 2.77. The van der Waals surface area contributed by atoms with Gasteiger partial charge in [-0.1, -0.05) is 24.3 Å². The number of nitrogens with two attached hydrogens (primary N) is 1. The number of carbonyl (C=O) groups is 1. The van der Waals surface area contributed by atoms with E-state index in [1.807, 2.05) is 36.4 Å². The number of methoxy groups -OCH3 is 3. The molecule has 3 N–H and O–H groups in total. The third-order valence-corrected chi connectivity index (χ3v) is 6.65. The van der Waals surface area contributed by atoms with Crippen molar-refractivity contribution < 1.29 is 19.0 Å². The van der Waals surface area contributed by atoms with E-state index in [-0.39, 0.29) is 11.8 Å². The molecule has 0 bridgehead atoms. The Kier molecular flexibility index (Phi) is 5.21. The van der Waals surface area contributed by atoms with E-state index in [0.29, 0.717) is 46.6 Å². The number of nitrogen functional groups attached to an aromatic ring is 1. The van der Waals surface area contributed by atoms with Crippen molar-refractivity contribution in [2.24, 2.45) is 0 Å². The summed E-state index contributed by atoms with van der Waals surface area (Å²) in [6, 6.07) is 13.4. The van der Waals surface area contributed by atoms with Crippen LogP contribution in [0.1, 0.15) is 22.0 Å². The van der Waals surface area contributed by atoms with Crippen LogP contribution >= 0.6 is 11.6 Å². The van der Waals surface area contributed by atoms with Gasteiger partial charge in [0.15, 0.2) is 11.5 Å². The summed E-state index contributed by atoms with van der Waals surface area (Å²) in [6.45, 7) is 0.476. The normalized spacial score (nSPS) is 15.2. The molecule has 0 radical (unpaired) electrons. The molecule has 8 heteroatoms. The summed E-state index contributed by atoms with van der Waals surface area (Å²) >= 11 is 6.34. The van der Waals surface area contributed by atoms with E-state index < -0.39 is 0 Å². The van der Waals surface area contributed by atoms with E-state index in [1.165, 1.54) is 0 Å². The highest BCUT2D eigenvalue weighted by Gasteiger charge is 2.35. The fourth-order valence-electron chi connectivity index (χ4n) is 4.80. The van der Waals surface area contributed by atoms with E-state index in [9.17, 15) is 4.79 Å². The second-order valence-electron chi connectivity index (χ2n) is 8.00. The number of hydrogen-bond acceptors (Lipinski definition) is 5. The third kappa shape index (κ3) is 3.15. The molecule has 170 valence electrons. The van der Waals surface area contributed by atoms with Crippen LogP contribution in [0.5, 0.6) is 17.2 Å². The number of H-pyrrole nitrogens is 1. The molecule has 7 nitrogen and oxygen atoms in total. The van der Waals surface area contributed by atoms with Gasteiger partial charge in [-0.25, -0.2) is 0 Å². The molecule has 0 saturated carbocycles. The molecule has 0 spiro atoms. The molecular formula is C25H24ClN3O4. The van der Waals surface area contributed by atoms with Crippen LogP contribution < -0.4 is 24.8 Å². The Morgan fingerprint density at radius 1 is 1.09 bits per heavy atom. The van der Waals surface area contributed by atoms with Crippen molar-refractivity contribution in [3.63, 3.8) is 0 Å². The van der Waals surface area contributed by atoms with E-state index >= 15 is 0 Å². The zero-order valence-corrected chi connectivity index (χ0v) is 19.3. The van der Waals surface area contributed by atoms with Crippen molar-refractivity contribution in [1.82, 2.24) is 4.98 Å². The topological polar surface area (TPSA) is 89.8 Å². The molecule has 5 rings (SSSR count). The SMILES string of the molecule is COc1cc2cc(C(=O)N3C[C@H](CCl)c4c3cc(N)c3ccccc43)[nH]c2c(OC)c1OC. The van der Waals surface area contributed by atoms with Crippen LogP contribution in [-0.4, -0.2) is 44.6 Å². The highest BCUT2D eigenvalue weighted by molar-refractivity contribution is 6.19. The van der Waals surface area contributed by atoms with E-state index in [2.05, 4.69) is 4.98 Å². The summed E-state index contributed by atoms with van der Waals surface area (Å²) in [5.41, 5.74) is 9.92. The number of halogens is 1. The number of nitrogens with one attached hydrogen (secondary N) is 1. The number of anilines is 2. The number of alkyl halides is 1. The predicted molar refractivity (Wildman–Crippen MR) is 131 cm³/mol. The van der Waals surface area contributed by atoms with Gasteiger partial charge in [-0.3, -0.25) is 4.79 Å². The number of fused-ring (bicyclic) bond motifs is 4. The molecule has 3 aromatic carbocycles. The van der Waals surface area contributed by atoms with Crippen LogP contribution in [0, 0.1) is 0 Å². The first kappa shape index (κ1) is 21.3. The molecule has 0 aliphatic carbocycles. The average Bonchev–Trinajstić information content (AvgIpc) is 3.43. The molecule has 2 heterocycles. The minimum atomic E-state index is -0.172. The lowest BCUT2D eigenvalue weighted by Gasteiger charge is -2.18. The first-order chi connectivity index (χ1) is 16.0. The molecule has 0 unspecified atom stereocenters. The number of aromatic nitrogens is 1. The lowest BCUT2D eigenvalue weighted by atomic mass is 9.95. The summed E-state index contributed by atoms with van der Waals surface area (Å²) in [4.78, 5) is 18.7. The lowest BCUT2D eigenvalue weighted by molar-refractivity contribution is 0.0984. The molecule has 1 aromatic heterocycles. The molecule has 1 aliphatic rings. The van der Waals surface area contributed by atoms with E-state index in [4.69, 9.17) is 31.5 Å². The molecule has 0 saturated heterocycles. The first-order valence-electron chi connectivity index (χ1n) is 10.5. The Morgan fingerprint density at radius 3 is 2.48 bits per heavy atom. The zero-order valence-electron chi connectivity index (χ0n) is 18.6. The van der Waals surface area contributed by atoms with Crippen molar-refractivity contribution in [3.05, 3.63) is 53.7 Å². The second kappa shape index (κ2) is 8.08. The zero-order chi connectivity index (χ0) is 23.3. The number of ether oxygens (including phenoxy) is 3. The minimum Gasteiger partial charge on any atom is -0.493 e. The van der Waals surface area contributed by atoms with Gasteiger partial charge in [0.25, 0.3) is 5.91 Å². The molecule has 33 heavy (non-hydrogen) atoms. The van der Waals surface area contributed by atoms with Gasteiger partial charge in [0, 0.05) is 34.8 Å². The Morgan fingerprint density at radius 2 is 1.82 bits per heavy atom.